The van der Waals surface area contributed by atoms with Gasteiger partial charge in [0.2, 0.25) is 0 Å². The average Bonchev–Trinajstić information content (AvgIpc) is 2.67. The molecule has 3 nitrogen and oxygen atoms in total. The zero-order valence-electron chi connectivity index (χ0n) is 10.8. The van der Waals surface area contributed by atoms with E-state index in [9.17, 15) is 0 Å². The van der Waals surface area contributed by atoms with Gasteiger partial charge in [-0.25, -0.2) is 4.98 Å². The molecule has 2 rings (SSSR count). The molecule has 0 spiro atoms. The Balaban J connectivity index is 2.40. The minimum absolute atomic E-state index is 0.631. The number of hydrogen-bond donors (Lipinski definition) is 1. The normalized spacial score (nSPS) is 10.9. The molecule has 0 fully saturated rings. The summed E-state index contributed by atoms with van der Waals surface area (Å²) in [6.07, 6.45) is 1.89. The maximum atomic E-state index is 5.62. The van der Waals surface area contributed by atoms with E-state index in [0.29, 0.717) is 6.54 Å². The Morgan fingerprint density at radius 2 is 1.94 bits per heavy atom. The van der Waals surface area contributed by atoms with Crippen LogP contribution in [0.1, 0.15) is 18.2 Å². The second-order valence-electron chi connectivity index (χ2n) is 4.32. The second-order valence-corrected chi connectivity index (χ2v) is 5.07. The summed E-state index contributed by atoms with van der Waals surface area (Å²) in [5.74, 6) is 0.980. The lowest BCUT2D eigenvalue weighted by Crippen LogP contribution is -2.07. The number of nitrogens with zero attached hydrogens (tertiary/aromatic N) is 2. The first-order valence-corrected chi connectivity index (χ1v) is 6.97. The third-order valence-electron chi connectivity index (χ3n) is 3.17. The fraction of sp³-hybridized carbons (Fsp3) is 0.357. The van der Waals surface area contributed by atoms with E-state index in [-0.39, 0.29) is 0 Å². The third-order valence-corrected chi connectivity index (χ3v) is 3.80. The van der Waals surface area contributed by atoms with Crippen LogP contribution in [0.4, 0.5) is 0 Å². The number of hydrogen-bond acceptors (Lipinski definition) is 2. The van der Waals surface area contributed by atoms with Crippen LogP contribution in [0.25, 0.3) is 11.4 Å². The summed E-state index contributed by atoms with van der Waals surface area (Å²) in [6, 6.07) is 8.56. The number of halogens is 1. The van der Waals surface area contributed by atoms with Gasteiger partial charge in [-0.05, 0) is 34.5 Å². The molecule has 0 saturated heterocycles. The van der Waals surface area contributed by atoms with Gasteiger partial charge in [-0.2, -0.15) is 0 Å². The van der Waals surface area contributed by atoms with E-state index in [2.05, 4.69) is 56.7 Å². The molecule has 0 aliphatic rings. The molecule has 1 aromatic carbocycles. The van der Waals surface area contributed by atoms with Gasteiger partial charge in [0.1, 0.15) is 10.4 Å². The maximum absolute atomic E-state index is 5.62. The van der Waals surface area contributed by atoms with Crippen molar-refractivity contribution in [3.05, 3.63) is 40.1 Å². The average molecular weight is 308 g/mol. The van der Waals surface area contributed by atoms with Crippen molar-refractivity contribution >= 4 is 15.9 Å². The molecular formula is C14H18BrN3. The SMILES string of the molecule is CCc1ccc(-c2nc(Br)c(CCN)n2C)cc1. The first kappa shape index (κ1) is 13.3. The Morgan fingerprint density at radius 3 is 2.50 bits per heavy atom. The van der Waals surface area contributed by atoms with Crippen LogP contribution >= 0.6 is 15.9 Å². The standard InChI is InChI=1S/C14H18BrN3/c1-3-10-4-6-11(7-5-10)14-17-13(15)12(8-9-16)18(14)2/h4-7H,3,8-9,16H2,1-2H3. The highest BCUT2D eigenvalue weighted by Gasteiger charge is 2.13. The summed E-state index contributed by atoms with van der Waals surface area (Å²) in [7, 11) is 2.03. The first-order valence-electron chi connectivity index (χ1n) is 6.17. The lowest BCUT2D eigenvalue weighted by molar-refractivity contribution is 0.807. The summed E-state index contributed by atoms with van der Waals surface area (Å²) in [4.78, 5) is 4.58. The Hall–Kier alpha value is -1.13. The van der Waals surface area contributed by atoms with Crippen LogP contribution in [0.5, 0.6) is 0 Å². The molecular weight excluding hydrogens is 290 g/mol. The third kappa shape index (κ3) is 2.49. The molecule has 4 heteroatoms. The van der Waals surface area contributed by atoms with Gasteiger partial charge in [0.15, 0.2) is 0 Å². The molecule has 96 valence electrons. The Bertz CT molecular complexity index is 529. The molecule has 1 aromatic heterocycles. The molecule has 2 aromatic rings. The molecule has 18 heavy (non-hydrogen) atoms. The highest BCUT2D eigenvalue weighted by atomic mass is 79.9. The first-order chi connectivity index (χ1) is 8.67. The zero-order chi connectivity index (χ0) is 13.1. The lowest BCUT2D eigenvalue weighted by atomic mass is 10.1. The number of nitrogens with two attached hydrogens (primary N) is 1. The van der Waals surface area contributed by atoms with Crippen molar-refractivity contribution in [2.75, 3.05) is 6.54 Å². The van der Waals surface area contributed by atoms with Gasteiger partial charge in [0.25, 0.3) is 0 Å². The van der Waals surface area contributed by atoms with Gasteiger partial charge in [-0.15, -0.1) is 0 Å². The molecule has 0 aliphatic heterocycles. The summed E-state index contributed by atoms with van der Waals surface area (Å²) in [6.45, 7) is 2.79. The van der Waals surface area contributed by atoms with Gasteiger partial charge in [0.05, 0.1) is 5.69 Å². The van der Waals surface area contributed by atoms with Gasteiger partial charge in [-0.1, -0.05) is 31.2 Å². The van der Waals surface area contributed by atoms with Crippen molar-refractivity contribution in [3.8, 4) is 11.4 Å². The van der Waals surface area contributed by atoms with Crippen LogP contribution in [0.2, 0.25) is 0 Å². The van der Waals surface area contributed by atoms with Crippen LogP contribution in [0.15, 0.2) is 28.9 Å². The van der Waals surface area contributed by atoms with Crippen molar-refractivity contribution in [1.29, 1.82) is 0 Å². The molecule has 0 bridgehead atoms. The molecule has 0 unspecified atom stereocenters. The van der Waals surface area contributed by atoms with E-state index in [1.807, 2.05) is 7.05 Å². The van der Waals surface area contributed by atoms with Crippen LogP contribution in [-0.4, -0.2) is 16.1 Å². The van der Waals surface area contributed by atoms with E-state index in [4.69, 9.17) is 5.73 Å². The molecule has 0 atom stereocenters. The Morgan fingerprint density at radius 1 is 1.28 bits per heavy atom. The highest BCUT2D eigenvalue weighted by Crippen LogP contribution is 2.25. The van der Waals surface area contributed by atoms with Crippen LogP contribution in [0, 0.1) is 0 Å². The smallest absolute Gasteiger partial charge is 0.141 e. The van der Waals surface area contributed by atoms with Crippen molar-refractivity contribution < 1.29 is 0 Å². The number of aromatic nitrogens is 2. The van der Waals surface area contributed by atoms with Gasteiger partial charge >= 0.3 is 0 Å². The van der Waals surface area contributed by atoms with Gasteiger partial charge in [0, 0.05) is 19.0 Å². The van der Waals surface area contributed by atoms with E-state index in [0.717, 1.165) is 34.5 Å². The summed E-state index contributed by atoms with van der Waals surface area (Å²) < 4.78 is 3.00. The van der Waals surface area contributed by atoms with Crippen molar-refractivity contribution in [2.45, 2.75) is 19.8 Å². The van der Waals surface area contributed by atoms with E-state index >= 15 is 0 Å². The van der Waals surface area contributed by atoms with Crippen LogP contribution in [0.3, 0.4) is 0 Å². The van der Waals surface area contributed by atoms with Crippen LogP contribution < -0.4 is 5.73 Å². The van der Waals surface area contributed by atoms with Crippen molar-refractivity contribution in [3.63, 3.8) is 0 Å². The monoisotopic (exact) mass is 307 g/mol. The largest absolute Gasteiger partial charge is 0.330 e. The fourth-order valence-electron chi connectivity index (χ4n) is 2.05. The van der Waals surface area contributed by atoms with Crippen molar-refractivity contribution in [1.82, 2.24) is 9.55 Å². The van der Waals surface area contributed by atoms with E-state index in [1.54, 1.807) is 0 Å². The summed E-state index contributed by atoms with van der Waals surface area (Å²) in [5.41, 5.74) is 9.25. The van der Waals surface area contributed by atoms with Gasteiger partial charge in [-0.3, -0.25) is 0 Å². The predicted octanol–water partition coefficient (Wildman–Crippen LogP) is 2.91. The minimum Gasteiger partial charge on any atom is -0.330 e. The van der Waals surface area contributed by atoms with Crippen molar-refractivity contribution in [2.24, 2.45) is 12.8 Å². The van der Waals surface area contributed by atoms with E-state index in [1.165, 1.54) is 5.56 Å². The molecule has 0 aliphatic carbocycles. The number of aryl methyl sites for hydroxylation is 1. The summed E-state index contributed by atoms with van der Waals surface area (Å²) in [5, 5.41) is 0. The number of benzene rings is 1. The molecule has 0 radical (unpaired) electrons. The fourth-order valence-corrected chi connectivity index (χ4v) is 2.69. The quantitative estimate of drug-likeness (QED) is 0.944. The lowest BCUT2D eigenvalue weighted by Gasteiger charge is -2.06. The van der Waals surface area contributed by atoms with E-state index < -0.39 is 0 Å². The highest BCUT2D eigenvalue weighted by molar-refractivity contribution is 9.10. The molecule has 0 amide bonds. The zero-order valence-corrected chi connectivity index (χ0v) is 12.4. The molecule has 0 saturated carbocycles. The second kappa shape index (κ2) is 5.67. The Labute approximate surface area is 116 Å². The van der Waals surface area contributed by atoms with Crippen LogP contribution in [-0.2, 0) is 19.9 Å². The molecule has 2 N–H and O–H groups in total. The summed E-state index contributed by atoms with van der Waals surface area (Å²) >= 11 is 3.51. The minimum atomic E-state index is 0.631. The molecule has 1 heterocycles. The number of imidazole rings is 1. The Kier molecular flexibility index (Phi) is 4.19. The van der Waals surface area contributed by atoms with Gasteiger partial charge < -0.3 is 10.3 Å². The predicted molar refractivity (Wildman–Crippen MR) is 78.5 cm³/mol. The topological polar surface area (TPSA) is 43.8 Å². The maximum Gasteiger partial charge on any atom is 0.141 e. The number of rotatable bonds is 4.